The van der Waals surface area contributed by atoms with Gasteiger partial charge in [0.05, 0.1) is 0 Å². The molecule has 0 unspecified atom stereocenters. The fourth-order valence-corrected chi connectivity index (χ4v) is 3.45. The SMILES string of the molecule is O=C(c1cccc(Br)c1)N1CCN(c2ccc3c(c2)OCO3)CC1. The Labute approximate surface area is 148 Å². The summed E-state index contributed by atoms with van der Waals surface area (Å²) in [5.74, 6) is 1.67. The van der Waals surface area contributed by atoms with Crippen LogP contribution in [0.5, 0.6) is 11.5 Å². The van der Waals surface area contributed by atoms with Crippen molar-refractivity contribution in [3.8, 4) is 11.5 Å². The highest BCUT2D eigenvalue weighted by Gasteiger charge is 2.23. The monoisotopic (exact) mass is 388 g/mol. The lowest BCUT2D eigenvalue weighted by Gasteiger charge is -2.36. The predicted molar refractivity (Wildman–Crippen MR) is 94.8 cm³/mol. The number of nitrogens with zero attached hydrogens (tertiary/aromatic N) is 2. The van der Waals surface area contributed by atoms with Crippen molar-refractivity contribution in [2.75, 3.05) is 37.9 Å². The first-order chi connectivity index (χ1) is 11.7. The molecule has 2 aromatic carbocycles. The molecular formula is C18H17BrN2O3. The van der Waals surface area contributed by atoms with Crippen LogP contribution in [0.4, 0.5) is 5.69 Å². The van der Waals surface area contributed by atoms with E-state index in [1.165, 1.54) is 0 Å². The number of fused-ring (bicyclic) bond motifs is 1. The summed E-state index contributed by atoms with van der Waals surface area (Å²) in [6, 6.07) is 13.5. The van der Waals surface area contributed by atoms with Gasteiger partial charge in [-0.05, 0) is 30.3 Å². The Morgan fingerprint density at radius 1 is 0.958 bits per heavy atom. The van der Waals surface area contributed by atoms with Crippen LogP contribution >= 0.6 is 15.9 Å². The van der Waals surface area contributed by atoms with Crippen LogP contribution in [-0.2, 0) is 0 Å². The van der Waals surface area contributed by atoms with E-state index in [0.717, 1.165) is 40.3 Å². The second-order valence-corrected chi connectivity index (χ2v) is 6.74. The zero-order valence-electron chi connectivity index (χ0n) is 13.1. The Morgan fingerprint density at radius 3 is 2.54 bits per heavy atom. The van der Waals surface area contributed by atoms with Gasteiger partial charge >= 0.3 is 0 Å². The molecule has 124 valence electrons. The summed E-state index contributed by atoms with van der Waals surface area (Å²) in [4.78, 5) is 16.8. The van der Waals surface area contributed by atoms with Crippen molar-refractivity contribution in [3.05, 3.63) is 52.5 Å². The van der Waals surface area contributed by atoms with Gasteiger partial charge in [0.15, 0.2) is 11.5 Å². The van der Waals surface area contributed by atoms with E-state index in [1.807, 2.05) is 47.4 Å². The fourth-order valence-electron chi connectivity index (χ4n) is 3.05. The van der Waals surface area contributed by atoms with Crippen molar-refractivity contribution in [1.82, 2.24) is 4.90 Å². The predicted octanol–water partition coefficient (Wildman–Crippen LogP) is 3.14. The third-order valence-electron chi connectivity index (χ3n) is 4.36. The third kappa shape index (κ3) is 2.94. The normalized spacial score (nSPS) is 16.4. The van der Waals surface area contributed by atoms with E-state index >= 15 is 0 Å². The van der Waals surface area contributed by atoms with E-state index in [1.54, 1.807) is 0 Å². The lowest BCUT2D eigenvalue weighted by atomic mass is 10.1. The van der Waals surface area contributed by atoms with Gasteiger partial charge in [0.1, 0.15) is 0 Å². The van der Waals surface area contributed by atoms with Crippen molar-refractivity contribution in [2.24, 2.45) is 0 Å². The fraction of sp³-hybridized carbons (Fsp3) is 0.278. The van der Waals surface area contributed by atoms with Gasteiger partial charge in [0, 0.05) is 48.0 Å². The highest BCUT2D eigenvalue weighted by molar-refractivity contribution is 9.10. The van der Waals surface area contributed by atoms with Crippen LogP contribution in [0, 0.1) is 0 Å². The summed E-state index contributed by atoms with van der Waals surface area (Å²) < 4.78 is 11.7. The first-order valence-corrected chi connectivity index (χ1v) is 8.69. The molecule has 1 amide bonds. The number of hydrogen-bond donors (Lipinski definition) is 0. The molecule has 1 saturated heterocycles. The molecule has 0 aromatic heterocycles. The number of benzene rings is 2. The molecule has 0 aliphatic carbocycles. The number of halogens is 1. The number of rotatable bonds is 2. The van der Waals surface area contributed by atoms with Gasteiger partial charge in [-0.15, -0.1) is 0 Å². The van der Waals surface area contributed by atoms with Crippen molar-refractivity contribution in [2.45, 2.75) is 0 Å². The summed E-state index contributed by atoms with van der Waals surface area (Å²) in [5.41, 5.74) is 1.83. The molecule has 24 heavy (non-hydrogen) atoms. The minimum Gasteiger partial charge on any atom is -0.454 e. The van der Waals surface area contributed by atoms with Gasteiger partial charge in [-0.2, -0.15) is 0 Å². The van der Waals surface area contributed by atoms with E-state index in [2.05, 4.69) is 20.8 Å². The zero-order chi connectivity index (χ0) is 16.5. The van der Waals surface area contributed by atoms with Crippen molar-refractivity contribution >= 4 is 27.5 Å². The van der Waals surface area contributed by atoms with E-state index in [9.17, 15) is 4.79 Å². The van der Waals surface area contributed by atoms with Crippen molar-refractivity contribution < 1.29 is 14.3 Å². The van der Waals surface area contributed by atoms with E-state index in [0.29, 0.717) is 13.1 Å². The topological polar surface area (TPSA) is 42.0 Å². The standard InChI is InChI=1S/C18H17BrN2O3/c19-14-3-1-2-13(10-14)18(22)21-8-6-20(7-9-21)15-4-5-16-17(11-15)24-12-23-16/h1-5,10-11H,6-9,12H2. The van der Waals surface area contributed by atoms with Gasteiger partial charge in [-0.25, -0.2) is 0 Å². The molecule has 0 atom stereocenters. The second kappa shape index (κ2) is 6.36. The highest BCUT2D eigenvalue weighted by Crippen LogP contribution is 2.35. The maximum Gasteiger partial charge on any atom is 0.254 e. The maximum absolute atomic E-state index is 12.6. The second-order valence-electron chi connectivity index (χ2n) is 5.83. The average Bonchev–Trinajstić information content (AvgIpc) is 3.09. The summed E-state index contributed by atoms with van der Waals surface area (Å²) in [7, 11) is 0. The molecule has 0 radical (unpaired) electrons. The lowest BCUT2D eigenvalue weighted by Crippen LogP contribution is -2.48. The maximum atomic E-state index is 12.6. The van der Waals surface area contributed by atoms with Crippen LogP contribution in [0.2, 0.25) is 0 Å². The zero-order valence-corrected chi connectivity index (χ0v) is 14.7. The van der Waals surface area contributed by atoms with Crippen molar-refractivity contribution in [1.29, 1.82) is 0 Å². The van der Waals surface area contributed by atoms with Crippen molar-refractivity contribution in [3.63, 3.8) is 0 Å². The Hall–Kier alpha value is -2.21. The number of hydrogen-bond acceptors (Lipinski definition) is 4. The number of amides is 1. The molecule has 2 aromatic rings. The molecule has 4 rings (SSSR count). The Kier molecular flexibility index (Phi) is 4.06. The molecular weight excluding hydrogens is 372 g/mol. The quantitative estimate of drug-likeness (QED) is 0.792. The molecule has 2 heterocycles. The average molecular weight is 389 g/mol. The molecule has 6 heteroatoms. The molecule has 2 aliphatic rings. The number of piperazine rings is 1. The largest absolute Gasteiger partial charge is 0.454 e. The number of ether oxygens (including phenoxy) is 2. The third-order valence-corrected chi connectivity index (χ3v) is 4.85. The minimum atomic E-state index is 0.0848. The number of carbonyl (C=O) groups is 1. The summed E-state index contributed by atoms with van der Waals surface area (Å²) in [6.07, 6.45) is 0. The Balaban J connectivity index is 1.42. The Morgan fingerprint density at radius 2 is 1.75 bits per heavy atom. The lowest BCUT2D eigenvalue weighted by molar-refractivity contribution is 0.0746. The molecule has 2 aliphatic heterocycles. The molecule has 0 N–H and O–H groups in total. The number of anilines is 1. The summed E-state index contributed by atoms with van der Waals surface area (Å²) >= 11 is 3.42. The van der Waals surface area contributed by atoms with Crippen LogP contribution < -0.4 is 14.4 Å². The molecule has 0 saturated carbocycles. The molecule has 1 fully saturated rings. The number of carbonyl (C=O) groups excluding carboxylic acids is 1. The van der Waals surface area contributed by atoms with Crippen LogP contribution in [0.15, 0.2) is 46.9 Å². The summed E-state index contributed by atoms with van der Waals surface area (Å²) in [6.45, 7) is 3.31. The smallest absolute Gasteiger partial charge is 0.254 e. The van der Waals surface area contributed by atoms with Crippen LogP contribution in [0.25, 0.3) is 0 Å². The van der Waals surface area contributed by atoms with Gasteiger partial charge in [-0.3, -0.25) is 4.79 Å². The van der Waals surface area contributed by atoms with Gasteiger partial charge in [0.25, 0.3) is 5.91 Å². The highest BCUT2D eigenvalue weighted by atomic mass is 79.9. The van der Waals surface area contributed by atoms with Crippen LogP contribution in [0.3, 0.4) is 0 Å². The molecule has 0 bridgehead atoms. The van der Waals surface area contributed by atoms with E-state index < -0.39 is 0 Å². The first kappa shape index (κ1) is 15.3. The molecule has 0 spiro atoms. The van der Waals surface area contributed by atoms with Gasteiger partial charge < -0.3 is 19.3 Å². The summed E-state index contributed by atoms with van der Waals surface area (Å²) in [5, 5.41) is 0. The Bertz CT molecular complexity index is 773. The molecule has 5 nitrogen and oxygen atoms in total. The van der Waals surface area contributed by atoms with Crippen LogP contribution in [0.1, 0.15) is 10.4 Å². The van der Waals surface area contributed by atoms with E-state index in [4.69, 9.17) is 9.47 Å². The van der Waals surface area contributed by atoms with Gasteiger partial charge in [-0.1, -0.05) is 22.0 Å². The van der Waals surface area contributed by atoms with Gasteiger partial charge in [0.2, 0.25) is 6.79 Å². The first-order valence-electron chi connectivity index (χ1n) is 7.90. The van der Waals surface area contributed by atoms with Crippen LogP contribution in [-0.4, -0.2) is 43.8 Å². The minimum absolute atomic E-state index is 0.0848. The van der Waals surface area contributed by atoms with E-state index in [-0.39, 0.29) is 12.7 Å².